The summed E-state index contributed by atoms with van der Waals surface area (Å²) in [6.07, 6.45) is 1.62. The molecule has 2 unspecified atom stereocenters. The maximum Gasteiger partial charge on any atom is 0.251 e. The number of benzene rings is 1. The first-order valence-electron chi connectivity index (χ1n) is 7.44. The summed E-state index contributed by atoms with van der Waals surface area (Å²) in [5, 5.41) is 2.51. The average molecular weight is 362 g/mol. The van der Waals surface area contributed by atoms with Gasteiger partial charge in [0, 0.05) is 31.7 Å². The third-order valence-electron chi connectivity index (χ3n) is 4.15. The molecule has 0 aromatic heterocycles. The molecular weight excluding hydrogens is 338 g/mol. The number of halogens is 1. The van der Waals surface area contributed by atoms with Crippen molar-refractivity contribution in [1.82, 2.24) is 9.62 Å². The van der Waals surface area contributed by atoms with E-state index in [4.69, 9.17) is 5.73 Å². The Bertz CT molecular complexity index is 634. The van der Waals surface area contributed by atoms with Gasteiger partial charge < -0.3 is 11.1 Å². The summed E-state index contributed by atoms with van der Waals surface area (Å²) < 4.78 is 27.1. The predicted molar refractivity (Wildman–Crippen MR) is 92.2 cm³/mol. The van der Waals surface area contributed by atoms with Crippen molar-refractivity contribution in [2.45, 2.75) is 30.7 Å². The highest BCUT2D eigenvalue weighted by atomic mass is 35.5. The van der Waals surface area contributed by atoms with E-state index in [1.165, 1.54) is 35.6 Å². The first kappa shape index (κ1) is 19.9. The van der Waals surface area contributed by atoms with Crippen LogP contribution >= 0.6 is 12.4 Å². The minimum Gasteiger partial charge on any atom is -0.355 e. The van der Waals surface area contributed by atoms with Gasteiger partial charge in [0.25, 0.3) is 5.91 Å². The molecule has 0 saturated carbocycles. The van der Waals surface area contributed by atoms with Gasteiger partial charge in [-0.2, -0.15) is 4.31 Å². The van der Waals surface area contributed by atoms with E-state index in [2.05, 4.69) is 12.2 Å². The predicted octanol–water partition coefficient (Wildman–Crippen LogP) is 1.22. The number of rotatable bonds is 4. The Labute approximate surface area is 143 Å². The molecule has 2 atom stereocenters. The molecule has 1 aliphatic rings. The van der Waals surface area contributed by atoms with Crippen LogP contribution in [0.4, 0.5) is 0 Å². The Morgan fingerprint density at radius 3 is 2.48 bits per heavy atom. The van der Waals surface area contributed by atoms with Crippen LogP contribution in [0.2, 0.25) is 0 Å². The van der Waals surface area contributed by atoms with Crippen molar-refractivity contribution in [1.29, 1.82) is 0 Å². The average Bonchev–Trinajstić information content (AvgIpc) is 2.53. The van der Waals surface area contributed by atoms with Crippen LogP contribution in [0.3, 0.4) is 0 Å². The van der Waals surface area contributed by atoms with Gasteiger partial charge in [-0.1, -0.05) is 6.92 Å². The molecule has 6 nitrogen and oxygen atoms in total. The topological polar surface area (TPSA) is 92.5 Å². The van der Waals surface area contributed by atoms with Crippen LogP contribution in [0.1, 0.15) is 30.1 Å². The second-order valence-corrected chi connectivity index (χ2v) is 7.63. The van der Waals surface area contributed by atoms with E-state index in [1.807, 2.05) is 0 Å². The van der Waals surface area contributed by atoms with Crippen LogP contribution in [0.15, 0.2) is 29.2 Å². The van der Waals surface area contributed by atoms with Crippen molar-refractivity contribution < 1.29 is 13.2 Å². The van der Waals surface area contributed by atoms with Gasteiger partial charge in [0.1, 0.15) is 0 Å². The highest BCUT2D eigenvalue weighted by molar-refractivity contribution is 7.89. The van der Waals surface area contributed by atoms with Gasteiger partial charge >= 0.3 is 0 Å². The molecule has 1 amide bonds. The minimum absolute atomic E-state index is 0. The largest absolute Gasteiger partial charge is 0.355 e. The van der Waals surface area contributed by atoms with Gasteiger partial charge in [-0.25, -0.2) is 8.42 Å². The number of carbonyl (C=O) groups is 1. The molecule has 0 spiro atoms. The number of hydrogen-bond donors (Lipinski definition) is 2. The molecule has 8 heteroatoms. The molecule has 23 heavy (non-hydrogen) atoms. The molecular formula is C15H24ClN3O3S. The molecule has 3 N–H and O–H groups in total. The monoisotopic (exact) mass is 361 g/mol. The Morgan fingerprint density at radius 2 is 1.96 bits per heavy atom. The Morgan fingerprint density at radius 1 is 1.35 bits per heavy atom. The SMILES string of the molecule is CNC(=O)c1ccc(S(=O)(=O)N2CCC(C)CC2CN)cc1.Cl. The molecule has 2 rings (SSSR count). The van der Waals surface area contributed by atoms with E-state index in [0.717, 1.165) is 12.8 Å². The van der Waals surface area contributed by atoms with Crippen molar-refractivity contribution in [3.05, 3.63) is 29.8 Å². The number of nitrogens with one attached hydrogen (secondary N) is 1. The smallest absolute Gasteiger partial charge is 0.251 e. The van der Waals surface area contributed by atoms with Gasteiger partial charge in [-0.05, 0) is 43.0 Å². The maximum absolute atomic E-state index is 12.8. The summed E-state index contributed by atoms with van der Waals surface area (Å²) in [4.78, 5) is 11.7. The number of amides is 1. The fraction of sp³-hybridized carbons (Fsp3) is 0.533. The van der Waals surface area contributed by atoms with Gasteiger partial charge in [0.05, 0.1) is 4.90 Å². The van der Waals surface area contributed by atoms with Crippen molar-refractivity contribution in [3.8, 4) is 0 Å². The summed E-state index contributed by atoms with van der Waals surface area (Å²) >= 11 is 0. The number of hydrogen-bond acceptors (Lipinski definition) is 4. The van der Waals surface area contributed by atoms with Crippen molar-refractivity contribution in [2.75, 3.05) is 20.1 Å². The number of nitrogens with zero attached hydrogens (tertiary/aromatic N) is 1. The summed E-state index contributed by atoms with van der Waals surface area (Å²) in [5.74, 6) is 0.242. The number of sulfonamides is 1. The van der Waals surface area contributed by atoms with Crippen molar-refractivity contribution >= 4 is 28.3 Å². The van der Waals surface area contributed by atoms with Crippen LogP contribution in [0.5, 0.6) is 0 Å². The second-order valence-electron chi connectivity index (χ2n) is 5.74. The van der Waals surface area contributed by atoms with E-state index < -0.39 is 10.0 Å². The molecule has 1 aromatic rings. The summed E-state index contributed by atoms with van der Waals surface area (Å²) in [7, 11) is -2.04. The van der Waals surface area contributed by atoms with Crippen LogP contribution < -0.4 is 11.1 Å². The molecule has 1 saturated heterocycles. The highest BCUT2D eigenvalue weighted by Crippen LogP contribution is 2.28. The molecule has 1 aliphatic heterocycles. The standard InChI is InChI=1S/C15H23N3O3S.ClH/c1-11-7-8-18(13(9-11)10-16)22(20,21)14-5-3-12(4-6-14)15(19)17-2;/h3-6,11,13H,7-10,16H2,1-2H3,(H,17,19);1H. The minimum atomic E-state index is -3.57. The molecule has 0 radical (unpaired) electrons. The zero-order chi connectivity index (χ0) is 16.3. The molecule has 1 aromatic carbocycles. The van der Waals surface area contributed by atoms with E-state index in [0.29, 0.717) is 24.6 Å². The molecule has 1 heterocycles. The van der Waals surface area contributed by atoms with Crippen LogP contribution in [-0.2, 0) is 10.0 Å². The summed E-state index contributed by atoms with van der Waals surface area (Å²) in [6.45, 7) is 2.92. The van der Waals surface area contributed by atoms with Crippen LogP contribution in [-0.4, -0.2) is 44.8 Å². The quantitative estimate of drug-likeness (QED) is 0.843. The first-order chi connectivity index (χ1) is 10.4. The number of piperidine rings is 1. The van der Waals surface area contributed by atoms with Crippen molar-refractivity contribution in [2.24, 2.45) is 11.7 Å². The Hall–Kier alpha value is -1.15. The third-order valence-corrected chi connectivity index (χ3v) is 6.11. The lowest BCUT2D eigenvalue weighted by molar-refractivity contribution is 0.0963. The van der Waals surface area contributed by atoms with Gasteiger partial charge in [-0.15, -0.1) is 12.4 Å². The summed E-state index contributed by atoms with van der Waals surface area (Å²) in [5.41, 5.74) is 6.19. The summed E-state index contributed by atoms with van der Waals surface area (Å²) in [6, 6.07) is 5.84. The zero-order valence-corrected chi connectivity index (χ0v) is 15.0. The van der Waals surface area contributed by atoms with Crippen molar-refractivity contribution in [3.63, 3.8) is 0 Å². The van der Waals surface area contributed by atoms with E-state index in [1.54, 1.807) is 0 Å². The maximum atomic E-state index is 12.8. The van der Waals surface area contributed by atoms with Gasteiger partial charge in [0.2, 0.25) is 10.0 Å². The van der Waals surface area contributed by atoms with E-state index in [9.17, 15) is 13.2 Å². The number of nitrogens with two attached hydrogens (primary N) is 1. The van der Waals surface area contributed by atoms with Crippen LogP contribution in [0.25, 0.3) is 0 Å². The molecule has 0 bridgehead atoms. The fourth-order valence-corrected chi connectivity index (χ4v) is 4.48. The Balaban J connectivity index is 0.00000264. The van der Waals surface area contributed by atoms with Gasteiger partial charge in [-0.3, -0.25) is 4.79 Å². The second kappa shape index (κ2) is 8.10. The lowest BCUT2D eigenvalue weighted by atomic mass is 9.94. The molecule has 1 fully saturated rings. The highest BCUT2D eigenvalue weighted by Gasteiger charge is 2.34. The zero-order valence-electron chi connectivity index (χ0n) is 13.4. The molecule has 0 aliphatic carbocycles. The van der Waals surface area contributed by atoms with E-state index in [-0.39, 0.29) is 29.3 Å². The third kappa shape index (κ3) is 4.23. The Kier molecular flexibility index (Phi) is 7.01. The first-order valence-corrected chi connectivity index (χ1v) is 8.88. The van der Waals surface area contributed by atoms with E-state index >= 15 is 0 Å². The normalized spacial score (nSPS) is 22.2. The fourth-order valence-electron chi connectivity index (χ4n) is 2.82. The van der Waals surface area contributed by atoms with Gasteiger partial charge in [0.15, 0.2) is 0 Å². The van der Waals surface area contributed by atoms with Crippen LogP contribution in [0, 0.1) is 5.92 Å². The lowest BCUT2D eigenvalue weighted by Gasteiger charge is -2.36. The molecule has 130 valence electrons. The lowest BCUT2D eigenvalue weighted by Crippen LogP contribution is -2.49. The number of carbonyl (C=O) groups excluding carboxylic acids is 1.